The highest BCUT2D eigenvalue weighted by atomic mass is 32.2. The largest absolute Gasteiger partial charge is 0.480 e. The first-order valence-electron chi connectivity index (χ1n) is 8.37. The Hall–Kier alpha value is -3.41. The first kappa shape index (κ1) is 20.3. The summed E-state index contributed by atoms with van der Waals surface area (Å²) >= 11 is 1.04. The molecule has 29 heavy (non-hydrogen) atoms. The average Bonchev–Trinajstić information content (AvgIpc) is 2.98. The summed E-state index contributed by atoms with van der Waals surface area (Å²) in [7, 11) is 0. The minimum absolute atomic E-state index is 0.0327. The van der Waals surface area contributed by atoms with Crippen molar-refractivity contribution in [2.75, 3.05) is 11.5 Å². The number of carbonyl (C=O) groups is 2. The lowest BCUT2D eigenvalue weighted by Gasteiger charge is -2.13. The van der Waals surface area contributed by atoms with Gasteiger partial charge in [0.25, 0.3) is 5.56 Å². The van der Waals surface area contributed by atoms with Gasteiger partial charge in [0.1, 0.15) is 11.9 Å². The van der Waals surface area contributed by atoms with E-state index in [1.165, 1.54) is 19.1 Å². The van der Waals surface area contributed by atoms with Crippen LogP contribution in [0, 0.1) is 5.82 Å². The number of nitrogens with two attached hydrogens (primary N) is 1. The fourth-order valence-corrected chi connectivity index (χ4v) is 3.61. The predicted molar refractivity (Wildman–Crippen MR) is 104 cm³/mol. The van der Waals surface area contributed by atoms with E-state index in [0.717, 1.165) is 11.8 Å². The van der Waals surface area contributed by atoms with E-state index in [2.05, 4.69) is 20.3 Å². The van der Waals surface area contributed by atoms with E-state index in [4.69, 9.17) is 5.73 Å². The number of fused-ring (bicyclic) bond motifs is 1. The molecule has 2 aromatic heterocycles. The molecule has 1 atom stereocenters. The molecule has 0 unspecified atom stereocenters. The summed E-state index contributed by atoms with van der Waals surface area (Å²) in [6.45, 7) is 1.42. The minimum atomic E-state index is -1.20. The summed E-state index contributed by atoms with van der Waals surface area (Å²) < 4.78 is 14.8. The third-order valence-corrected chi connectivity index (χ3v) is 4.97. The minimum Gasteiger partial charge on any atom is -0.480 e. The molecule has 0 saturated carbocycles. The Morgan fingerprint density at radius 1 is 1.34 bits per heavy atom. The van der Waals surface area contributed by atoms with Crippen LogP contribution in [0.25, 0.3) is 11.2 Å². The number of hydrogen-bond acceptors (Lipinski definition) is 7. The number of aromatic amines is 1. The highest BCUT2D eigenvalue weighted by molar-refractivity contribution is 7.99. The first-order chi connectivity index (χ1) is 13.7. The maximum absolute atomic E-state index is 13.2. The second kappa shape index (κ2) is 8.31. The molecule has 3 aromatic rings. The van der Waals surface area contributed by atoms with E-state index in [1.807, 2.05) is 0 Å². The second-order valence-electron chi connectivity index (χ2n) is 6.13. The number of imidazole rings is 1. The molecule has 12 heteroatoms. The fraction of sp³-hybridized carbons (Fsp3) is 0.235. The molecule has 0 bridgehead atoms. The van der Waals surface area contributed by atoms with Crippen LogP contribution >= 0.6 is 11.8 Å². The first-order valence-corrected chi connectivity index (χ1v) is 9.36. The lowest BCUT2D eigenvalue weighted by Crippen LogP contribution is -2.41. The molecule has 0 spiro atoms. The molecular formula is C17H17FN6O4S. The standard InChI is InChI=1S/C17H17FN6O4S/c1-8(25)20-11(15(27)28)7-29-17-21-12-13(22-16(19)23-14(12)26)24(17)6-9-2-4-10(18)5-3-9/h2-5,11H,6-7H2,1H3,(H,20,25)(H,27,28)(H3,19,22,23,26)/t11-/m0/s1. The second-order valence-corrected chi connectivity index (χ2v) is 7.12. The summed E-state index contributed by atoms with van der Waals surface area (Å²) in [5.74, 6) is -2.20. The number of aliphatic carboxylic acids is 1. The molecule has 5 N–H and O–H groups in total. The van der Waals surface area contributed by atoms with E-state index >= 15 is 0 Å². The Bertz CT molecular complexity index is 1130. The molecule has 0 aliphatic carbocycles. The lowest BCUT2D eigenvalue weighted by atomic mass is 10.2. The Balaban J connectivity index is 1.99. The van der Waals surface area contributed by atoms with E-state index in [0.29, 0.717) is 10.7 Å². The fourth-order valence-electron chi connectivity index (χ4n) is 2.61. The van der Waals surface area contributed by atoms with Crippen LogP contribution in [0.4, 0.5) is 10.3 Å². The van der Waals surface area contributed by atoms with Gasteiger partial charge in [-0.15, -0.1) is 0 Å². The number of carbonyl (C=O) groups excluding carboxylic acids is 1. The number of anilines is 1. The number of amides is 1. The summed E-state index contributed by atoms with van der Waals surface area (Å²) in [4.78, 5) is 45.5. The van der Waals surface area contributed by atoms with Crippen molar-refractivity contribution < 1.29 is 19.1 Å². The monoisotopic (exact) mass is 420 g/mol. The molecule has 0 aliphatic heterocycles. The number of hydrogen-bond donors (Lipinski definition) is 4. The molecular weight excluding hydrogens is 403 g/mol. The normalized spacial score (nSPS) is 12.1. The van der Waals surface area contributed by atoms with Gasteiger partial charge in [-0.2, -0.15) is 4.98 Å². The van der Waals surface area contributed by atoms with E-state index in [9.17, 15) is 23.9 Å². The molecule has 0 fully saturated rings. The maximum Gasteiger partial charge on any atom is 0.327 e. The number of nitrogen functional groups attached to an aromatic ring is 1. The topological polar surface area (TPSA) is 156 Å². The van der Waals surface area contributed by atoms with Gasteiger partial charge in [-0.05, 0) is 17.7 Å². The number of carboxylic acids is 1. The number of rotatable bonds is 7. The number of thioether (sulfide) groups is 1. The number of benzene rings is 1. The Morgan fingerprint density at radius 2 is 2.03 bits per heavy atom. The number of halogens is 1. The van der Waals surface area contributed by atoms with Gasteiger partial charge in [0.05, 0.1) is 6.54 Å². The molecule has 152 valence electrons. The van der Waals surface area contributed by atoms with Crippen LogP contribution in [0.15, 0.2) is 34.2 Å². The Kier molecular flexibility index (Phi) is 5.82. The van der Waals surface area contributed by atoms with Crippen molar-refractivity contribution in [1.29, 1.82) is 0 Å². The maximum atomic E-state index is 13.2. The van der Waals surface area contributed by atoms with Crippen molar-refractivity contribution in [1.82, 2.24) is 24.8 Å². The van der Waals surface area contributed by atoms with Crippen LogP contribution in [0.3, 0.4) is 0 Å². The molecule has 0 saturated heterocycles. The average molecular weight is 420 g/mol. The van der Waals surface area contributed by atoms with Crippen LogP contribution in [-0.2, 0) is 16.1 Å². The molecule has 1 amide bonds. The highest BCUT2D eigenvalue weighted by Crippen LogP contribution is 2.24. The van der Waals surface area contributed by atoms with Gasteiger partial charge in [0.2, 0.25) is 11.9 Å². The quantitative estimate of drug-likeness (QED) is 0.404. The predicted octanol–water partition coefficient (Wildman–Crippen LogP) is 0.571. The van der Waals surface area contributed by atoms with Crippen LogP contribution in [0.2, 0.25) is 0 Å². The van der Waals surface area contributed by atoms with Crippen molar-refractivity contribution >= 4 is 40.8 Å². The van der Waals surface area contributed by atoms with Gasteiger partial charge in [0.15, 0.2) is 16.3 Å². The van der Waals surface area contributed by atoms with Gasteiger partial charge in [-0.25, -0.2) is 14.2 Å². The summed E-state index contributed by atoms with van der Waals surface area (Å²) in [5.41, 5.74) is 6.07. The zero-order chi connectivity index (χ0) is 21.1. The van der Waals surface area contributed by atoms with E-state index in [-0.39, 0.29) is 29.4 Å². The van der Waals surface area contributed by atoms with Crippen molar-refractivity contribution in [2.24, 2.45) is 0 Å². The molecule has 2 heterocycles. The third kappa shape index (κ3) is 4.71. The van der Waals surface area contributed by atoms with Gasteiger partial charge in [0, 0.05) is 12.7 Å². The van der Waals surface area contributed by atoms with Gasteiger partial charge in [-0.3, -0.25) is 19.1 Å². The van der Waals surface area contributed by atoms with Crippen molar-refractivity contribution in [3.8, 4) is 0 Å². The molecule has 0 radical (unpaired) electrons. The number of carboxylic acid groups (broad SMARTS) is 1. The van der Waals surface area contributed by atoms with E-state index < -0.39 is 29.3 Å². The van der Waals surface area contributed by atoms with Crippen LogP contribution < -0.4 is 16.6 Å². The van der Waals surface area contributed by atoms with Crippen molar-refractivity contribution in [3.63, 3.8) is 0 Å². The number of aromatic nitrogens is 4. The summed E-state index contributed by atoms with van der Waals surface area (Å²) in [5, 5.41) is 11.9. The molecule has 0 aliphatic rings. The Labute approximate surface area is 167 Å². The van der Waals surface area contributed by atoms with Gasteiger partial charge >= 0.3 is 5.97 Å². The van der Waals surface area contributed by atoms with Gasteiger partial charge in [-0.1, -0.05) is 23.9 Å². The highest BCUT2D eigenvalue weighted by Gasteiger charge is 2.22. The number of H-pyrrole nitrogens is 1. The number of nitrogens with zero attached hydrogens (tertiary/aromatic N) is 3. The van der Waals surface area contributed by atoms with Crippen LogP contribution in [0.5, 0.6) is 0 Å². The van der Waals surface area contributed by atoms with Gasteiger partial charge < -0.3 is 16.2 Å². The lowest BCUT2D eigenvalue weighted by molar-refractivity contribution is -0.140. The molecule has 3 rings (SSSR count). The van der Waals surface area contributed by atoms with Crippen LogP contribution in [0.1, 0.15) is 12.5 Å². The Morgan fingerprint density at radius 3 is 2.66 bits per heavy atom. The van der Waals surface area contributed by atoms with Crippen molar-refractivity contribution in [2.45, 2.75) is 24.7 Å². The van der Waals surface area contributed by atoms with E-state index in [1.54, 1.807) is 16.7 Å². The SMILES string of the molecule is CC(=O)N[C@@H](CSc1nc2c(=O)[nH]c(N)nc2n1Cc1ccc(F)cc1)C(=O)O. The molecule has 10 nitrogen and oxygen atoms in total. The zero-order valence-corrected chi connectivity index (χ0v) is 16.0. The van der Waals surface area contributed by atoms with Crippen molar-refractivity contribution in [3.05, 3.63) is 46.0 Å². The molecule has 1 aromatic carbocycles. The summed E-state index contributed by atoms with van der Waals surface area (Å²) in [6, 6.07) is 4.60. The third-order valence-electron chi connectivity index (χ3n) is 3.90. The van der Waals surface area contributed by atoms with Crippen LogP contribution in [-0.4, -0.2) is 48.3 Å². The number of nitrogens with one attached hydrogen (secondary N) is 2. The summed E-state index contributed by atoms with van der Waals surface area (Å²) in [6.07, 6.45) is 0. The zero-order valence-electron chi connectivity index (χ0n) is 15.2. The smallest absolute Gasteiger partial charge is 0.327 e.